The van der Waals surface area contributed by atoms with E-state index in [0.717, 1.165) is 25.1 Å². The number of hydrogen-bond donors (Lipinski definition) is 1. The number of aryl methyl sites for hydroxylation is 1. The molecule has 0 aliphatic heterocycles. The highest BCUT2D eigenvalue weighted by Crippen LogP contribution is 2.22. The van der Waals surface area contributed by atoms with E-state index in [1.807, 2.05) is 19.2 Å². The fourth-order valence-corrected chi connectivity index (χ4v) is 1.63. The molecule has 0 heterocycles. The molecule has 0 bridgehead atoms. The molecule has 0 spiro atoms. The van der Waals surface area contributed by atoms with Gasteiger partial charge in [-0.15, -0.1) is 0 Å². The molecule has 2 nitrogen and oxygen atoms in total. The maximum Gasteiger partial charge on any atom is 0.122 e. The summed E-state index contributed by atoms with van der Waals surface area (Å²) in [4.78, 5) is 0. The Hall–Kier alpha value is -1.02. The lowest BCUT2D eigenvalue weighted by Gasteiger charge is -2.10. The second-order valence-corrected chi connectivity index (χ2v) is 3.46. The van der Waals surface area contributed by atoms with Crippen LogP contribution in [0.25, 0.3) is 0 Å². The first kappa shape index (κ1) is 11.1. The van der Waals surface area contributed by atoms with E-state index in [-0.39, 0.29) is 0 Å². The van der Waals surface area contributed by atoms with Gasteiger partial charge in [-0.2, -0.15) is 0 Å². The van der Waals surface area contributed by atoms with Crippen LogP contribution in [-0.2, 0) is 6.42 Å². The van der Waals surface area contributed by atoms with Gasteiger partial charge >= 0.3 is 0 Å². The van der Waals surface area contributed by atoms with E-state index in [4.69, 9.17) is 4.74 Å². The Morgan fingerprint density at radius 1 is 1.36 bits per heavy atom. The molecule has 0 aliphatic rings. The average molecular weight is 193 g/mol. The fraction of sp³-hybridized carbons (Fsp3) is 0.500. The van der Waals surface area contributed by atoms with Crippen molar-refractivity contribution in [3.63, 3.8) is 0 Å². The molecule has 0 fully saturated rings. The number of ether oxygens (including phenoxy) is 1. The number of benzene rings is 1. The minimum Gasteiger partial charge on any atom is -0.496 e. The van der Waals surface area contributed by atoms with Crippen molar-refractivity contribution in [3.05, 3.63) is 29.3 Å². The van der Waals surface area contributed by atoms with Gasteiger partial charge in [0.05, 0.1) is 7.11 Å². The second kappa shape index (κ2) is 5.66. The number of nitrogens with one attached hydrogen (secondary N) is 1. The first-order valence-corrected chi connectivity index (χ1v) is 5.06. The minimum atomic E-state index is 1.01. The lowest BCUT2D eigenvalue weighted by atomic mass is 10.0. The van der Waals surface area contributed by atoms with Gasteiger partial charge in [0.15, 0.2) is 0 Å². The Bertz CT molecular complexity index is 284. The van der Waals surface area contributed by atoms with E-state index in [1.54, 1.807) is 7.11 Å². The fourth-order valence-electron chi connectivity index (χ4n) is 1.63. The third kappa shape index (κ3) is 2.74. The largest absolute Gasteiger partial charge is 0.496 e. The van der Waals surface area contributed by atoms with Gasteiger partial charge < -0.3 is 10.1 Å². The maximum atomic E-state index is 5.34. The minimum absolute atomic E-state index is 1.01. The standard InChI is InChI=1S/C12H19NO/c1-10-6-4-8-12(14-3)11(10)7-5-9-13-2/h4,6,8,13H,5,7,9H2,1-3H3. The van der Waals surface area contributed by atoms with Gasteiger partial charge in [0.25, 0.3) is 0 Å². The summed E-state index contributed by atoms with van der Waals surface area (Å²) in [6, 6.07) is 6.20. The lowest BCUT2D eigenvalue weighted by Crippen LogP contribution is -2.09. The van der Waals surface area contributed by atoms with Gasteiger partial charge in [-0.3, -0.25) is 0 Å². The van der Waals surface area contributed by atoms with Crippen molar-refractivity contribution >= 4 is 0 Å². The van der Waals surface area contributed by atoms with Crippen LogP contribution in [0.4, 0.5) is 0 Å². The summed E-state index contributed by atoms with van der Waals surface area (Å²) in [6.45, 7) is 3.19. The van der Waals surface area contributed by atoms with E-state index in [0.29, 0.717) is 0 Å². The Kier molecular flexibility index (Phi) is 4.47. The third-order valence-corrected chi connectivity index (χ3v) is 2.44. The monoisotopic (exact) mass is 193 g/mol. The molecule has 1 N–H and O–H groups in total. The van der Waals surface area contributed by atoms with Crippen molar-refractivity contribution < 1.29 is 4.74 Å². The van der Waals surface area contributed by atoms with E-state index in [2.05, 4.69) is 18.3 Å². The average Bonchev–Trinajstić information content (AvgIpc) is 2.20. The zero-order chi connectivity index (χ0) is 10.4. The van der Waals surface area contributed by atoms with Crippen molar-refractivity contribution in [2.75, 3.05) is 20.7 Å². The van der Waals surface area contributed by atoms with Crippen LogP contribution >= 0.6 is 0 Å². The summed E-state index contributed by atoms with van der Waals surface area (Å²) in [5, 5.41) is 3.15. The summed E-state index contributed by atoms with van der Waals surface area (Å²) >= 11 is 0. The van der Waals surface area contributed by atoms with E-state index in [9.17, 15) is 0 Å². The molecule has 0 atom stereocenters. The van der Waals surface area contributed by atoms with Crippen LogP contribution in [-0.4, -0.2) is 20.7 Å². The molecule has 0 aliphatic carbocycles. The number of rotatable bonds is 5. The molecule has 14 heavy (non-hydrogen) atoms. The van der Waals surface area contributed by atoms with Gasteiger partial charge in [0.1, 0.15) is 5.75 Å². The predicted octanol–water partition coefficient (Wildman–Crippen LogP) is 2.16. The highest BCUT2D eigenvalue weighted by atomic mass is 16.5. The molecule has 0 aromatic heterocycles. The van der Waals surface area contributed by atoms with Gasteiger partial charge in [0.2, 0.25) is 0 Å². The van der Waals surface area contributed by atoms with Crippen LogP contribution in [0.5, 0.6) is 5.75 Å². The third-order valence-electron chi connectivity index (χ3n) is 2.44. The van der Waals surface area contributed by atoms with E-state index in [1.165, 1.54) is 11.1 Å². The summed E-state index contributed by atoms with van der Waals surface area (Å²) < 4.78 is 5.34. The molecule has 1 aromatic carbocycles. The van der Waals surface area contributed by atoms with Gasteiger partial charge in [-0.05, 0) is 50.6 Å². The van der Waals surface area contributed by atoms with Crippen molar-refractivity contribution in [3.8, 4) is 5.75 Å². The van der Waals surface area contributed by atoms with Crippen LogP contribution in [0.2, 0.25) is 0 Å². The van der Waals surface area contributed by atoms with Crippen molar-refractivity contribution in [1.82, 2.24) is 5.32 Å². The van der Waals surface area contributed by atoms with Crippen LogP contribution in [0, 0.1) is 6.92 Å². The van der Waals surface area contributed by atoms with Gasteiger partial charge in [0, 0.05) is 0 Å². The first-order valence-electron chi connectivity index (χ1n) is 5.06. The molecule has 2 heteroatoms. The number of methoxy groups -OCH3 is 1. The lowest BCUT2D eigenvalue weighted by molar-refractivity contribution is 0.408. The highest BCUT2D eigenvalue weighted by molar-refractivity contribution is 5.39. The molecule has 1 rings (SSSR count). The Balaban J connectivity index is 2.72. The van der Waals surface area contributed by atoms with E-state index >= 15 is 0 Å². The Morgan fingerprint density at radius 2 is 2.14 bits per heavy atom. The van der Waals surface area contributed by atoms with Crippen LogP contribution in [0.15, 0.2) is 18.2 Å². The normalized spacial score (nSPS) is 10.2. The zero-order valence-corrected chi connectivity index (χ0v) is 9.26. The SMILES string of the molecule is CNCCCc1c(C)cccc1OC. The molecule has 0 saturated heterocycles. The maximum absolute atomic E-state index is 5.34. The van der Waals surface area contributed by atoms with E-state index < -0.39 is 0 Å². The Labute approximate surface area is 86.3 Å². The highest BCUT2D eigenvalue weighted by Gasteiger charge is 2.04. The Morgan fingerprint density at radius 3 is 2.79 bits per heavy atom. The molecule has 0 radical (unpaired) electrons. The summed E-state index contributed by atoms with van der Waals surface area (Å²) in [7, 11) is 3.71. The zero-order valence-electron chi connectivity index (χ0n) is 9.26. The van der Waals surface area contributed by atoms with Crippen LogP contribution in [0.1, 0.15) is 17.5 Å². The molecule has 0 unspecified atom stereocenters. The van der Waals surface area contributed by atoms with Crippen LogP contribution < -0.4 is 10.1 Å². The van der Waals surface area contributed by atoms with Gasteiger partial charge in [-0.25, -0.2) is 0 Å². The molecule has 78 valence electrons. The van der Waals surface area contributed by atoms with Gasteiger partial charge in [-0.1, -0.05) is 12.1 Å². The molecular formula is C12H19NO. The van der Waals surface area contributed by atoms with Crippen molar-refractivity contribution in [1.29, 1.82) is 0 Å². The molecule has 0 amide bonds. The molecule has 0 saturated carbocycles. The van der Waals surface area contributed by atoms with Crippen molar-refractivity contribution in [2.24, 2.45) is 0 Å². The predicted molar refractivity (Wildman–Crippen MR) is 60.0 cm³/mol. The molecule has 1 aromatic rings. The van der Waals surface area contributed by atoms with Crippen molar-refractivity contribution in [2.45, 2.75) is 19.8 Å². The summed E-state index contributed by atoms with van der Waals surface area (Å²) in [5.74, 6) is 1.01. The first-order chi connectivity index (χ1) is 6.79. The summed E-state index contributed by atoms with van der Waals surface area (Å²) in [5.41, 5.74) is 2.66. The quantitative estimate of drug-likeness (QED) is 0.723. The topological polar surface area (TPSA) is 21.3 Å². The smallest absolute Gasteiger partial charge is 0.122 e. The summed E-state index contributed by atoms with van der Waals surface area (Å²) in [6.07, 6.45) is 2.23. The number of hydrogen-bond acceptors (Lipinski definition) is 2. The second-order valence-electron chi connectivity index (χ2n) is 3.46. The molecular weight excluding hydrogens is 174 g/mol. The van der Waals surface area contributed by atoms with Crippen LogP contribution in [0.3, 0.4) is 0 Å².